The zero-order valence-corrected chi connectivity index (χ0v) is 25.2. The van der Waals surface area contributed by atoms with Crippen molar-refractivity contribution in [3.63, 3.8) is 0 Å². The van der Waals surface area contributed by atoms with Gasteiger partial charge in [0.25, 0.3) is 0 Å². The van der Waals surface area contributed by atoms with E-state index in [4.69, 9.17) is 9.73 Å². The van der Waals surface area contributed by atoms with Gasteiger partial charge in [0.05, 0.1) is 35.9 Å². The number of amides is 1. The fraction of sp³-hybridized carbons (Fsp3) is 0.290. The number of hydrogen-bond acceptors (Lipinski definition) is 8. The fourth-order valence-electron chi connectivity index (χ4n) is 5.06. The maximum absolute atomic E-state index is 12.4. The van der Waals surface area contributed by atoms with Gasteiger partial charge in [0.15, 0.2) is 0 Å². The molecule has 0 fully saturated rings. The molecule has 3 aromatic rings. The Morgan fingerprint density at radius 3 is 2.71 bits per heavy atom. The molecule has 2 aliphatic rings. The Morgan fingerprint density at radius 2 is 1.98 bits per heavy atom. The van der Waals surface area contributed by atoms with Crippen molar-refractivity contribution in [3.8, 4) is 5.75 Å². The third-order valence-electron chi connectivity index (χ3n) is 7.35. The quantitative estimate of drug-likeness (QED) is 0.361. The lowest BCUT2D eigenvalue weighted by Crippen LogP contribution is -2.46. The molecule has 0 saturated heterocycles. The molecular weight excluding hydrogens is 534 g/mol. The van der Waals surface area contributed by atoms with Crippen LogP contribution in [0.25, 0.3) is 16.6 Å². The summed E-state index contributed by atoms with van der Waals surface area (Å²) in [6, 6.07) is 12.3. The minimum Gasteiger partial charge on any atom is -0.494 e. The van der Waals surface area contributed by atoms with Crippen LogP contribution in [0.5, 0.6) is 5.75 Å². The molecule has 3 heterocycles. The molecule has 1 unspecified atom stereocenters. The molecule has 1 amide bonds. The number of ether oxygens (including phenoxy) is 1. The molecule has 1 aromatic heterocycles. The number of thioether (sulfide) groups is 1. The number of para-hydroxylation sites is 1. The highest BCUT2D eigenvalue weighted by Gasteiger charge is 2.31. The molecule has 2 aromatic carbocycles. The molecule has 0 saturated carbocycles. The maximum atomic E-state index is 12.4. The molecule has 1 atom stereocenters. The summed E-state index contributed by atoms with van der Waals surface area (Å²) in [5.41, 5.74) is 5.47. The summed E-state index contributed by atoms with van der Waals surface area (Å²) in [7, 11) is 11.8. The molecule has 0 spiro atoms. The number of guanidine groups is 1. The maximum Gasteiger partial charge on any atom is 0.247 e. The van der Waals surface area contributed by atoms with Gasteiger partial charge >= 0.3 is 0 Å². The normalized spacial score (nSPS) is 16.0. The van der Waals surface area contributed by atoms with E-state index in [1.165, 1.54) is 11.0 Å². The van der Waals surface area contributed by atoms with Crippen molar-refractivity contribution in [2.45, 2.75) is 6.04 Å². The number of hydrogen-bond donors (Lipinski definition) is 2. The van der Waals surface area contributed by atoms with Gasteiger partial charge in [-0.3, -0.25) is 4.79 Å². The van der Waals surface area contributed by atoms with Crippen molar-refractivity contribution in [1.82, 2.24) is 14.8 Å². The summed E-state index contributed by atoms with van der Waals surface area (Å²) < 4.78 is 8.03. The Bertz CT molecular complexity index is 1590. The van der Waals surface area contributed by atoms with Crippen molar-refractivity contribution in [3.05, 3.63) is 77.2 Å². The van der Waals surface area contributed by atoms with E-state index in [0.717, 1.165) is 46.6 Å². The van der Waals surface area contributed by atoms with E-state index in [-0.39, 0.29) is 11.9 Å². The number of nitrogens with zero attached hydrogens (tertiary/aromatic N) is 5. The number of nitrogens with one attached hydrogen (secondary N) is 2. The van der Waals surface area contributed by atoms with Gasteiger partial charge in [-0.05, 0) is 37.7 Å². The predicted octanol–water partition coefficient (Wildman–Crippen LogP) is 4.70. The number of aliphatic imine (C=N–C) groups is 1. The van der Waals surface area contributed by atoms with Crippen LogP contribution in [0.15, 0.2) is 76.6 Å². The standard InChI is InChI=1S/C31H37N7O2S/c1-8-28(39)32-23-17-26(27(40-7)18-25(23)36(4)15-14-35(2)3)38(6)31-33-22-13-16-41-30(22)29(34-31)21-19-37(5)24-12-10-9-11-20(21)24/h8-13,16-19,22H,1,14-15H2,2-7H3,(H,32,39)(H,33,34). The minimum atomic E-state index is -0.280. The number of anilines is 3. The highest BCUT2D eigenvalue weighted by molar-refractivity contribution is 8.06. The van der Waals surface area contributed by atoms with Crippen molar-refractivity contribution in [1.29, 1.82) is 0 Å². The van der Waals surface area contributed by atoms with E-state index in [9.17, 15) is 4.79 Å². The van der Waals surface area contributed by atoms with E-state index in [1.54, 1.807) is 18.9 Å². The highest BCUT2D eigenvalue weighted by atomic mass is 32.2. The third-order valence-corrected chi connectivity index (χ3v) is 8.34. The van der Waals surface area contributed by atoms with Gasteiger partial charge in [-0.2, -0.15) is 0 Å². The second-order valence-electron chi connectivity index (χ2n) is 10.4. The molecule has 0 bridgehead atoms. The molecule has 2 aliphatic heterocycles. The number of likely N-dealkylation sites (N-methyl/N-ethyl adjacent to an activating group) is 2. The fourth-order valence-corrected chi connectivity index (χ4v) is 6.00. The Balaban J connectivity index is 1.59. The Hall–Kier alpha value is -4.15. The Kier molecular flexibility index (Phi) is 8.14. The van der Waals surface area contributed by atoms with E-state index in [0.29, 0.717) is 17.4 Å². The number of methoxy groups -OCH3 is 1. The first kappa shape index (κ1) is 28.4. The molecule has 2 N–H and O–H groups in total. The third kappa shape index (κ3) is 5.57. The molecule has 0 aliphatic carbocycles. The summed E-state index contributed by atoms with van der Waals surface area (Å²) in [6.07, 6.45) is 5.58. The van der Waals surface area contributed by atoms with E-state index in [1.807, 2.05) is 45.2 Å². The van der Waals surface area contributed by atoms with Crippen LogP contribution in [0.3, 0.4) is 0 Å². The van der Waals surface area contributed by atoms with Gasteiger partial charge in [-0.25, -0.2) is 4.99 Å². The van der Waals surface area contributed by atoms with E-state index in [2.05, 4.69) is 80.6 Å². The molecule has 41 heavy (non-hydrogen) atoms. The summed E-state index contributed by atoms with van der Waals surface area (Å²) in [6.45, 7) is 5.26. The molecule has 10 heteroatoms. The van der Waals surface area contributed by atoms with Gasteiger partial charge in [-0.15, -0.1) is 0 Å². The van der Waals surface area contributed by atoms with Crippen LogP contribution in [-0.2, 0) is 11.8 Å². The Labute approximate surface area is 245 Å². The molecular formula is C31H37N7O2S. The van der Waals surface area contributed by atoms with Gasteiger partial charge in [-0.1, -0.05) is 42.6 Å². The van der Waals surface area contributed by atoms with Crippen LogP contribution in [0.1, 0.15) is 5.56 Å². The second-order valence-corrected chi connectivity index (χ2v) is 11.4. The van der Waals surface area contributed by atoms with Crippen molar-refractivity contribution < 1.29 is 9.53 Å². The number of carbonyl (C=O) groups is 1. The number of benzene rings is 2. The number of fused-ring (bicyclic) bond motifs is 2. The van der Waals surface area contributed by atoms with Gasteiger partial charge < -0.3 is 34.6 Å². The first-order valence-electron chi connectivity index (χ1n) is 13.4. The monoisotopic (exact) mass is 571 g/mol. The minimum absolute atomic E-state index is 0.00583. The van der Waals surface area contributed by atoms with Crippen LogP contribution >= 0.6 is 11.8 Å². The van der Waals surface area contributed by atoms with Crippen LogP contribution in [-0.4, -0.2) is 75.8 Å². The van der Waals surface area contributed by atoms with Crippen molar-refractivity contribution >= 4 is 57.3 Å². The smallest absolute Gasteiger partial charge is 0.247 e. The average molecular weight is 572 g/mol. The van der Waals surface area contributed by atoms with E-state index < -0.39 is 0 Å². The molecule has 9 nitrogen and oxygen atoms in total. The average Bonchev–Trinajstić information content (AvgIpc) is 3.59. The number of aryl methyl sites for hydroxylation is 1. The summed E-state index contributed by atoms with van der Waals surface area (Å²) in [5.74, 6) is 1.07. The number of rotatable bonds is 9. The highest BCUT2D eigenvalue weighted by Crippen LogP contribution is 2.43. The lowest BCUT2D eigenvalue weighted by Gasteiger charge is -2.32. The lowest BCUT2D eigenvalue weighted by molar-refractivity contribution is -0.111. The summed E-state index contributed by atoms with van der Waals surface area (Å²) in [4.78, 5) is 25.0. The van der Waals surface area contributed by atoms with Crippen LogP contribution in [0.4, 0.5) is 17.1 Å². The lowest BCUT2D eigenvalue weighted by atomic mass is 10.1. The summed E-state index contributed by atoms with van der Waals surface area (Å²) >= 11 is 1.70. The zero-order chi connectivity index (χ0) is 29.3. The Morgan fingerprint density at radius 1 is 1.20 bits per heavy atom. The van der Waals surface area contributed by atoms with Gasteiger partial charge in [0.1, 0.15) is 5.75 Å². The van der Waals surface area contributed by atoms with Crippen molar-refractivity contribution in [2.24, 2.45) is 12.0 Å². The SMILES string of the molecule is C=CC(=O)Nc1cc(N(C)C2=NC(c3cn(C)c4ccccc34)=C3SC=CC3N2)c(OC)cc1N(C)CCN(C)C. The van der Waals surface area contributed by atoms with Gasteiger partial charge in [0, 0.05) is 67.9 Å². The molecule has 5 rings (SSSR count). The molecule has 214 valence electrons. The second kappa shape index (κ2) is 11.8. The van der Waals surface area contributed by atoms with Crippen LogP contribution < -0.4 is 25.2 Å². The zero-order valence-electron chi connectivity index (χ0n) is 24.4. The largest absolute Gasteiger partial charge is 0.494 e. The number of aromatic nitrogens is 1. The first-order valence-corrected chi connectivity index (χ1v) is 14.3. The van der Waals surface area contributed by atoms with Gasteiger partial charge in [0.2, 0.25) is 11.9 Å². The van der Waals surface area contributed by atoms with E-state index >= 15 is 0 Å². The van der Waals surface area contributed by atoms with Crippen LogP contribution in [0.2, 0.25) is 0 Å². The van der Waals surface area contributed by atoms with Crippen molar-refractivity contribution in [2.75, 3.05) is 63.5 Å². The first-order chi connectivity index (χ1) is 19.7. The predicted molar refractivity (Wildman–Crippen MR) is 173 cm³/mol. The molecule has 0 radical (unpaired) electrons. The summed E-state index contributed by atoms with van der Waals surface area (Å²) in [5, 5.41) is 9.85. The number of carbonyl (C=O) groups excluding carboxylic acids is 1. The topological polar surface area (TPSA) is 77.4 Å². The van der Waals surface area contributed by atoms with Crippen LogP contribution in [0, 0.1) is 0 Å².